The summed E-state index contributed by atoms with van der Waals surface area (Å²) in [6.07, 6.45) is 1.35. The van der Waals surface area contributed by atoms with Crippen molar-refractivity contribution in [2.45, 2.75) is 26.2 Å². The van der Waals surface area contributed by atoms with Crippen LogP contribution in [0.15, 0.2) is 60.9 Å². The fraction of sp³-hybridized carbons (Fsp3) is 0.182. The molecular formula is C22H21N5O. The Hall–Kier alpha value is -3.72. The van der Waals surface area contributed by atoms with Crippen molar-refractivity contribution in [3.05, 3.63) is 77.7 Å². The molecule has 28 heavy (non-hydrogen) atoms. The highest BCUT2D eigenvalue weighted by Crippen LogP contribution is 2.30. The minimum atomic E-state index is -0.371. The van der Waals surface area contributed by atoms with E-state index in [0.29, 0.717) is 17.1 Å². The van der Waals surface area contributed by atoms with Crippen LogP contribution in [0, 0.1) is 11.3 Å². The molecule has 1 amide bonds. The molecule has 0 spiro atoms. The van der Waals surface area contributed by atoms with Crippen LogP contribution in [0.25, 0.3) is 0 Å². The average molecular weight is 371 g/mol. The molecule has 3 rings (SSSR count). The third-order valence-electron chi connectivity index (χ3n) is 4.15. The summed E-state index contributed by atoms with van der Waals surface area (Å²) in [4.78, 5) is 20.8. The van der Waals surface area contributed by atoms with Gasteiger partial charge in [-0.3, -0.25) is 4.79 Å². The largest absolute Gasteiger partial charge is 0.340 e. The summed E-state index contributed by atoms with van der Waals surface area (Å²) in [6, 6.07) is 18.4. The lowest BCUT2D eigenvalue weighted by molar-refractivity contribution is 0.102. The predicted molar refractivity (Wildman–Crippen MR) is 110 cm³/mol. The molecule has 0 fully saturated rings. The fourth-order valence-electron chi connectivity index (χ4n) is 2.80. The molecule has 1 aromatic heterocycles. The lowest BCUT2D eigenvalue weighted by Crippen LogP contribution is -2.15. The molecule has 6 nitrogen and oxygen atoms in total. The maximum Gasteiger partial charge on any atom is 0.274 e. The molecule has 0 saturated heterocycles. The van der Waals surface area contributed by atoms with Crippen molar-refractivity contribution in [3.63, 3.8) is 0 Å². The number of nitrogens with zero attached hydrogens (tertiary/aromatic N) is 3. The van der Waals surface area contributed by atoms with Crippen LogP contribution in [0.1, 0.15) is 42.4 Å². The van der Waals surface area contributed by atoms with Crippen molar-refractivity contribution in [3.8, 4) is 6.07 Å². The Labute approximate surface area is 164 Å². The Morgan fingerprint density at radius 2 is 1.82 bits per heavy atom. The van der Waals surface area contributed by atoms with Crippen LogP contribution in [-0.2, 0) is 5.41 Å². The van der Waals surface area contributed by atoms with E-state index in [-0.39, 0.29) is 17.0 Å². The minimum absolute atomic E-state index is 0.0391. The van der Waals surface area contributed by atoms with Crippen LogP contribution in [0.2, 0.25) is 0 Å². The molecule has 2 aromatic carbocycles. The summed E-state index contributed by atoms with van der Waals surface area (Å²) in [7, 11) is 0. The van der Waals surface area contributed by atoms with Gasteiger partial charge in [0.25, 0.3) is 5.91 Å². The number of hydrogen-bond donors (Lipinski definition) is 2. The van der Waals surface area contributed by atoms with E-state index in [2.05, 4.69) is 47.4 Å². The standard InChI is InChI=1S/C22H21N5O/c1-22(2,3)17-9-4-5-10-18(17)27-20-12-19(24-14-25-20)21(28)26-16-8-6-7-15(11-16)13-23/h4-12,14H,1-3H3,(H,26,28)(H,24,25,27). The number of aromatic nitrogens is 2. The zero-order chi connectivity index (χ0) is 20.1. The van der Waals surface area contributed by atoms with Gasteiger partial charge in [0.2, 0.25) is 0 Å². The third-order valence-corrected chi connectivity index (χ3v) is 4.15. The van der Waals surface area contributed by atoms with Gasteiger partial charge in [-0.1, -0.05) is 45.0 Å². The molecule has 0 aliphatic heterocycles. The topological polar surface area (TPSA) is 90.7 Å². The SMILES string of the molecule is CC(C)(C)c1ccccc1Nc1cc(C(=O)Nc2cccc(C#N)c2)ncn1. The molecule has 6 heteroatoms. The van der Waals surface area contributed by atoms with Gasteiger partial charge in [0.1, 0.15) is 17.8 Å². The van der Waals surface area contributed by atoms with Crippen LogP contribution in [0.5, 0.6) is 0 Å². The lowest BCUT2D eigenvalue weighted by atomic mass is 9.86. The van der Waals surface area contributed by atoms with Crippen LogP contribution in [0.3, 0.4) is 0 Å². The molecule has 0 atom stereocenters. The van der Waals surface area contributed by atoms with E-state index in [1.54, 1.807) is 30.3 Å². The second-order valence-electron chi connectivity index (χ2n) is 7.36. The molecule has 140 valence electrons. The number of carbonyl (C=O) groups excluding carboxylic acids is 1. The molecule has 0 radical (unpaired) electrons. The highest BCUT2D eigenvalue weighted by molar-refractivity contribution is 6.03. The van der Waals surface area contributed by atoms with Crippen LogP contribution < -0.4 is 10.6 Å². The number of rotatable bonds is 4. The van der Waals surface area contributed by atoms with Crippen molar-refractivity contribution in [1.29, 1.82) is 5.26 Å². The van der Waals surface area contributed by atoms with Gasteiger partial charge in [0.15, 0.2) is 0 Å². The van der Waals surface area contributed by atoms with Gasteiger partial charge in [-0.05, 0) is 35.2 Å². The number of nitrogens with one attached hydrogen (secondary N) is 2. The number of carbonyl (C=O) groups is 1. The number of hydrogen-bond acceptors (Lipinski definition) is 5. The van der Waals surface area contributed by atoms with E-state index in [9.17, 15) is 4.79 Å². The number of nitriles is 1. The van der Waals surface area contributed by atoms with E-state index in [0.717, 1.165) is 11.3 Å². The Morgan fingerprint density at radius 1 is 1.04 bits per heavy atom. The quantitative estimate of drug-likeness (QED) is 0.697. The van der Waals surface area contributed by atoms with Gasteiger partial charge in [-0.2, -0.15) is 5.26 Å². The predicted octanol–water partition coefficient (Wildman–Crippen LogP) is 4.64. The smallest absolute Gasteiger partial charge is 0.274 e. The molecule has 0 bridgehead atoms. The normalized spacial score (nSPS) is 10.8. The zero-order valence-electron chi connectivity index (χ0n) is 16.0. The second-order valence-corrected chi connectivity index (χ2v) is 7.36. The Balaban J connectivity index is 1.81. The van der Waals surface area contributed by atoms with Crippen molar-refractivity contribution >= 4 is 23.1 Å². The van der Waals surface area contributed by atoms with E-state index in [1.165, 1.54) is 6.33 Å². The fourth-order valence-corrected chi connectivity index (χ4v) is 2.80. The summed E-state index contributed by atoms with van der Waals surface area (Å²) in [5.74, 6) is 0.160. The number of anilines is 3. The Bertz CT molecular complexity index is 1050. The molecule has 2 N–H and O–H groups in total. The number of benzene rings is 2. The van der Waals surface area contributed by atoms with Crippen LogP contribution in [-0.4, -0.2) is 15.9 Å². The van der Waals surface area contributed by atoms with Crippen LogP contribution >= 0.6 is 0 Å². The van der Waals surface area contributed by atoms with E-state index >= 15 is 0 Å². The zero-order valence-corrected chi connectivity index (χ0v) is 16.0. The molecule has 0 aliphatic carbocycles. The maximum absolute atomic E-state index is 12.5. The summed E-state index contributed by atoms with van der Waals surface area (Å²) in [5, 5.41) is 15.0. The van der Waals surface area contributed by atoms with Gasteiger partial charge in [0, 0.05) is 17.4 Å². The van der Waals surface area contributed by atoms with Gasteiger partial charge in [0.05, 0.1) is 11.6 Å². The Kier molecular flexibility index (Phi) is 5.37. The monoisotopic (exact) mass is 371 g/mol. The first kappa shape index (κ1) is 19.1. The number of para-hydroxylation sites is 1. The molecule has 3 aromatic rings. The summed E-state index contributed by atoms with van der Waals surface area (Å²) in [6.45, 7) is 6.42. The van der Waals surface area contributed by atoms with Crippen molar-refractivity contribution in [2.75, 3.05) is 10.6 Å². The first-order valence-electron chi connectivity index (χ1n) is 8.87. The summed E-state index contributed by atoms with van der Waals surface area (Å²) in [5.41, 5.74) is 3.28. The van der Waals surface area contributed by atoms with Gasteiger partial charge >= 0.3 is 0 Å². The molecule has 0 aliphatic rings. The highest BCUT2D eigenvalue weighted by Gasteiger charge is 2.18. The molecular weight excluding hydrogens is 350 g/mol. The first-order valence-corrected chi connectivity index (χ1v) is 8.87. The van der Waals surface area contributed by atoms with Gasteiger partial charge < -0.3 is 10.6 Å². The van der Waals surface area contributed by atoms with E-state index in [4.69, 9.17) is 5.26 Å². The van der Waals surface area contributed by atoms with Crippen LogP contribution in [0.4, 0.5) is 17.2 Å². The summed E-state index contributed by atoms with van der Waals surface area (Å²) >= 11 is 0. The minimum Gasteiger partial charge on any atom is -0.340 e. The van der Waals surface area contributed by atoms with E-state index < -0.39 is 0 Å². The average Bonchev–Trinajstić information content (AvgIpc) is 2.68. The van der Waals surface area contributed by atoms with Crippen molar-refractivity contribution in [2.24, 2.45) is 0 Å². The Morgan fingerprint density at radius 3 is 2.57 bits per heavy atom. The summed E-state index contributed by atoms with van der Waals surface area (Å²) < 4.78 is 0. The third kappa shape index (κ3) is 4.51. The van der Waals surface area contributed by atoms with Crippen molar-refractivity contribution < 1.29 is 4.79 Å². The highest BCUT2D eigenvalue weighted by atomic mass is 16.1. The van der Waals surface area contributed by atoms with Crippen molar-refractivity contribution in [1.82, 2.24) is 9.97 Å². The molecule has 1 heterocycles. The van der Waals surface area contributed by atoms with Gasteiger partial charge in [-0.25, -0.2) is 9.97 Å². The molecule has 0 saturated carbocycles. The number of amides is 1. The molecule has 0 unspecified atom stereocenters. The second kappa shape index (κ2) is 7.89. The van der Waals surface area contributed by atoms with Gasteiger partial charge in [-0.15, -0.1) is 0 Å². The van der Waals surface area contributed by atoms with E-state index in [1.807, 2.05) is 24.3 Å². The maximum atomic E-state index is 12.5. The lowest BCUT2D eigenvalue weighted by Gasteiger charge is -2.23. The first-order chi connectivity index (χ1) is 13.4.